The van der Waals surface area contributed by atoms with E-state index in [2.05, 4.69) is 25.6 Å². The molecule has 0 aliphatic rings. The molecule has 0 saturated heterocycles. The summed E-state index contributed by atoms with van der Waals surface area (Å²) in [6.07, 6.45) is -3.35. The van der Waals surface area contributed by atoms with Gasteiger partial charge in [-0.25, -0.2) is 14.8 Å². The van der Waals surface area contributed by atoms with Crippen LogP contribution in [-0.2, 0) is 11.0 Å². The minimum absolute atomic E-state index is 0.0128. The number of carbonyl (C=O) groups excluding carboxylic acids is 1. The summed E-state index contributed by atoms with van der Waals surface area (Å²) in [5, 5.41) is 15.5. The van der Waals surface area contributed by atoms with Gasteiger partial charge in [0.15, 0.2) is 11.3 Å². The molecule has 0 atom stereocenters. The van der Waals surface area contributed by atoms with E-state index in [0.29, 0.717) is 11.4 Å². The van der Waals surface area contributed by atoms with Gasteiger partial charge in [0, 0.05) is 35.4 Å². The van der Waals surface area contributed by atoms with Gasteiger partial charge in [0.05, 0.1) is 5.56 Å². The van der Waals surface area contributed by atoms with Gasteiger partial charge in [0.25, 0.3) is 0 Å². The Hall–Kier alpha value is -4.54. The Kier molecular flexibility index (Phi) is 5.84. The Balaban J connectivity index is 1.77. The first-order valence-corrected chi connectivity index (χ1v) is 9.84. The van der Waals surface area contributed by atoms with Crippen molar-refractivity contribution in [2.75, 3.05) is 10.6 Å². The third kappa shape index (κ3) is 4.77. The fourth-order valence-electron chi connectivity index (χ4n) is 3.36. The van der Waals surface area contributed by atoms with Crippen LogP contribution >= 0.6 is 0 Å². The Labute approximate surface area is 190 Å². The zero-order chi connectivity index (χ0) is 24.5. The fraction of sp³-hybridized carbons (Fsp3) is 0.0870. The minimum atomic E-state index is -4.68. The monoisotopic (exact) mass is 467 g/mol. The molecular weight excluding hydrogens is 451 g/mol. The topological polar surface area (TPSA) is 117 Å². The summed E-state index contributed by atoms with van der Waals surface area (Å²) in [6, 6.07) is 12.7. The molecule has 2 aromatic heterocycles. The Morgan fingerprint density at radius 3 is 2.38 bits per heavy atom. The first-order valence-electron chi connectivity index (χ1n) is 9.84. The van der Waals surface area contributed by atoms with Crippen LogP contribution in [0.3, 0.4) is 0 Å². The highest BCUT2D eigenvalue weighted by atomic mass is 19.4. The number of carboxylic acids is 1. The van der Waals surface area contributed by atoms with E-state index < -0.39 is 23.4 Å². The van der Waals surface area contributed by atoms with Gasteiger partial charge in [0.1, 0.15) is 0 Å². The molecule has 4 rings (SSSR count). The summed E-state index contributed by atoms with van der Waals surface area (Å²) in [4.78, 5) is 35.5. The number of carboxylic acid groups (broad SMARTS) is 1. The van der Waals surface area contributed by atoms with E-state index in [1.165, 1.54) is 37.4 Å². The number of anilines is 3. The molecule has 34 heavy (non-hydrogen) atoms. The molecule has 172 valence electrons. The molecule has 11 heteroatoms. The summed E-state index contributed by atoms with van der Waals surface area (Å²) in [5.41, 5.74) is -0.976. The molecule has 2 aromatic carbocycles. The first kappa shape index (κ1) is 22.6. The molecule has 0 aliphatic heterocycles. The van der Waals surface area contributed by atoms with Gasteiger partial charge in [-0.15, -0.1) is 0 Å². The predicted octanol–water partition coefficient (Wildman–Crippen LogP) is 5.11. The molecule has 0 fully saturated rings. The van der Waals surface area contributed by atoms with Crippen molar-refractivity contribution in [1.29, 1.82) is 0 Å². The number of benzene rings is 2. The first-order chi connectivity index (χ1) is 16.1. The van der Waals surface area contributed by atoms with Crippen LogP contribution in [0.15, 0.2) is 60.8 Å². The Morgan fingerprint density at radius 2 is 1.68 bits per heavy atom. The van der Waals surface area contributed by atoms with Crippen molar-refractivity contribution in [1.82, 2.24) is 15.0 Å². The van der Waals surface area contributed by atoms with E-state index in [4.69, 9.17) is 0 Å². The highest BCUT2D eigenvalue weighted by molar-refractivity contribution is 5.98. The van der Waals surface area contributed by atoms with Gasteiger partial charge in [-0.05, 0) is 35.9 Å². The Bertz CT molecular complexity index is 1420. The number of alkyl halides is 3. The molecule has 0 unspecified atom stereocenters. The van der Waals surface area contributed by atoms with Gasteiger partial charge in [-0.1, -0.05) is 24.3 Å². The van der Waals surface area contributed by atoms with Crippen molar-refractivity contribution in [3.63, 3.8) is 0 Å². The molecule has 8 nitrogen and oxygen atoms in total. The smallest absolute Gasteiger partial charge is 0.417 e. The number of pyridine rings is 1. The van der Waals surface area contributed by atoms with Crippen LogP contribution < -0.4 is 10.6 Å². The van der Waals surface area contributed by atoms with E-state index >= 15 is 0 Å². The van der Waals surface area contributed by atoms with E-state index in [0.717, 1.165) is 6.07 Å². The fourth-order valence-corrected chi connectivity index (χ4v) is 3.36. The number of rotatable bonds is 5. The van der Waals surface area contributed by atoms with Crippen molar-refractivity contribution in [2.24, 2.45) is 0 Å². The van der Waals surface area contributed by atoms with Crippen molar-refractivity contribution < 1.29 is 27.9 Å². The zero-order valence-corrected chi connectivity index (χ0v) is 17.5. The molecule has 0 bridgehead atoms. The number of hydrogen-bond donors (Lipinski definition) is 3. The molecule has 2 heterocycles. The van der Waals surface area contributed by atoms with Crippen LogP contribution in [0, 0.1) is 0 Å². The van der Waals surface area contributed by atoms with Gasteiger partial charge in [-0.2, -0.15) is 18.2 Å². The summed E-state index contributed by atoms with van der Waals surface area (Å²) < 4.78 is 40.5. The normalized spacial score (nSPS) is 11.3. The van der Waals surface area contributed by atoms with Crippen LogP contribution in [0.2, 0.25) is 0 Å². The highest BCUT2D eigenvalue weighted by Gasteiger charge is 2.34. The summed E-state index contributed by atoms with van der Waals surface area (Å²) in [6.45, 7) is 1.37. The number of halogens is 3. The zero-order valence-electron chi connectivity index (χ0n) is 17.5. The van der Waals surface area contributed by atoms with E-state index in [9.17, 15) is 27.9 Å². The van der Waals surface area contributed by atoms with Crippen LogP contribution in [0.5, 0.6) is 0 Å². The summed E-state index contributed by atoms with van der Waals surface area (Å²) in [5.74, 6) is -1.66. The van der Waals surface area contributed by atoms with Crippen molar-refractivity contribution in [2.45, 2.75) is 13.1 Å². The summed E-state index contributed by atoms with van der Waals surface area (Å²) >= 11 is 0. The molecule has 1 amide bonds. The maximum Gasteiger partial charge on any atom is 0.417 e. The number of fused-ring (bicyclic) bond motifs is 1. The standard InChI is InChI=1S/C23H16F3N5O3/c1-12(32)28-14-5-4-6-15(10-14)29-22-27-11-13-9-17(19(21(33)34)30-20(13)31-22)16-7-2-3-8-18(16)23(24,25)26/h2-11H,1H3,(H,28,32)(H,33,34)(H,27,29,30,31). The second-order valence-electron chi connectivity index (χ2n) is 7.23. The van der Waals surface area contributed by atoms with E-state index in [1.54, 1.807) is 24.3 Å². The number of aromatic carboxylic acids is 1. The number of carbonyl (C=O) groups is 2. The van der Waals surface area contributed by atoms with Crippen LogP contribution in [0.25, 0.3) is 22.2 Å². The van der Waals surface area contributed by atoms with Crippen molar-refractivity contribution >= 4 is 40.2 Å². The molecule has 0 saturated carbocycles. The lowest BCUT2D eigenvalue weighted by Gasteiger charge is -2.15. The lowest BCUT2D eigenvalue weighted by atomic mass is 9.97. The van der Waals surface area contributed by atoms with E-state index in [1.807, 2.05) is 0 Å². The number of hydrogen-bond acceptors (Lipinski definition) is 6. The van der Waals surface area contributed by atoms with Crippen molar-refractivity contribution in [3.05, 3.63) is 72.1 Å². The molecule has 0 aliphatic carbocycles. The Morgan fingerprint density at radius 1 is 0.941 bits per heavy atom. The average molecular weight is 467 g/mol. The third-order valence-electron chi connectivity index (χ3n) is 4.73. The van der Waals surface area contributed by atoms with Crippen LogP contribution in [-0.4, -0.2) is 31.9 Å². The second kappa shape index (κ2) is 8.77. The van der Waals surface area contributed by atoms with Gasteiger partial charge in [-0.3, -0.25) is 4.79 Å². The molecule has 4 aromatic rings. The highest BCUT2D eigenvalue weighted by Crippen LogP contribution is 2.38. The van der Waals surface area contributed by atoms with Gasteiger partial charge >= 0.3 is 12.1 Å². The number of nitrogens with one attached hydrogen (secondary N) is 2. The maximum absolute atomic E-state index is 13.5. The van der Waals surface area contributed by atoms with Gasteiger partial charge < -0.3 is 15.7 Å². The summed E-state index contributed by atoms with van der Waals surface area (Å²) in [7, 11) is 0. The lowest BCUT2D eigenvalue weighted by molar-refractivity contribution is -0.137. The molecule has 3 N–H and O–H groups in total. The lowest BCUT2D eigenvalue weighted by Crippen LogP contribution is -2.10. The SMILES string of the molecule is CC(=O)Nc1cccc(Nc2ncc3cc(-c4ccccc4C(F)(F)F)c(C(=O)O)nc3n2)c1. The number of amides is 1. The largest absolute Gasteiger partial charge is 0.476 e. The quantitative estimate of drug-likeness (QED) is 0.373. The average Bonchev–Trinajstić information content (AvgIpc) is 2.77. The predicted molar refractivity (Wildman–Crippen MR) is 119 cm³/mol. The third-order valence-corrected chi connectivity index (χ3v) is 4.73. The number of nitrogens with zero attached hydrogens (tertiary/aromatic N) is 3. The second-order valence-corrected chi connectivity index (χ2v) is 7.23. The van der Waals surface area contributed by atoms with Crippen molar-refractivity contribution in [3.8, 4) is 11.1 Å². The minimum Gasteiger partial charge on any atom is -0.476 e. The molecular formula is C23H16F3N5O3. The molecule has 0 spiro atoms. The number of aromatic nitrogens is 3. The molecule has 0 radical (unpaired) electrons. The maximum atomic E-state index is 13.5. The van der Waals surface area contributed by atoms with Crippen LogP contribution in [0.1, 0.15) is 23.0 Å². The van der Waals surface area contributed by atoms with E-state index in [-0.39, 0.29) is 34.0 Å². The van der Waals surface area contributed by atoms with Gasteiger partial charge in [0.2, 0.25) is 11.9 Å². The van der Waals surface area contributed by atoms with Crippen LogP contribution in [0.4, 0.5) is 30.5 Å².